The molecule has 2 fully saturated rings. The monoisotopic (exact) mass is 286 g/mol. The highest BCUT2D eigenvalue weighted by Gasteiger charge is 2.50. The van der Waals surface area contributed by atoms with E-state index >= 15 is 0 Å². The van der Waals surface area contributed by atoms with Gasteiger partial charge < -0.3 is 10.2 Å². The van der Waals surface area contributed by atoms with Crippen molar-refractivity contribution in [2.75, 3.05) is 0 Å². The summed E-state index contributed by atoms with van der Waals surface area (Å²) in [4.78, 5) is 27.4. The van der Waals surface area contributed by atoms with Crippen molar-refractivity contribution < 1.29 is 9.59 Å². The van der Waals surface area contributed by atoms with Crippen molar-refractivity contribution in [3.8, 4) is 0 Å². The van der Waals surface area contributed by atoms with Gasteiger partial charge >= 0.3 is 0 Å². The molecule has 1 aromatic rings. The second-order valence-electron chi connectivity index (χ2n) is 7.10. The highest BCUT2D eigenvalue weighted by atomic mass is 16.2. The zero-order valence-electron chi connectivity index (χ0n) is 12.8. The molecule has 2 amide bonds. The van der Waals surface area contributed by atoms with Crippen molar-refractivity contribution in [3.05, 3.63) is 35.9 Å². The number of hydrogen-bond donors (Lipinski definition) is 1. The molecule has 1 saturated carbocycles. The zero-order valence-corrected chi connectivity index (χ0v) is 12.8. The Labute approximate surface area is 125 Å². The number of carbonyl (C=O) groups excluding carboxylic acids is 2. The number of amides is 2. The highest BCUT2D eigenvalue weighted by Crippen LogP contribution is 2.39. The molecular formula is C17H22N2O2. The largest absolute Gasteiger partial charge is 0.342 e. The van der Waals surface area contributed by atoms with E-state index < -0.39 is 12.1 Å². The van der Waals surface area contributed by atoms with Gasteiger partial charge in [0.2, 0.25) is 11.8 Å². The van der Waals surface area contributed by atoms with Gasteiger partial charge in [-0.15, -0.1) is 0 Å². The Hall–Kier alpha value is -1.84. The Balaban J connectivity index is 1.98. The average molecular weight is 286 g/mol. The van der Waals surface area contributed by atoms with E-state index in [0.717, 1.165) is 18.4 Å². The van der Waals surface area contributed by atoms with Crippen LogP contribution in [0.3, 0.4) is 0 Å². The van der Waals surface area contributed by atoms with Crippen LogP contribution in [0.25, 0.3) is 0 Å². The predicted octanol–water partition coefficient (Wildman–Crippen LogP) is 2.26. The van der Waals surface area contributed by atoms with Gasteiger partial charge in [-0.1, -0.05) is 51.1 Å². The topological polar surface area (TPSA) is 49.4 Å². The number of nitrogens with one attached hydrogen (secondary N) is 1. The Morgan fingerprint density at radius 3 is 2.24 bits per heavy atom. The van der Waals surface area contributed by atoms with Crippen LogP contribution in [0.4, 0.5) is 0 Å². The van der Waals surface area contributed by atoms with Crippen molar-refractivity contribution in [1.29, 1.82) is 0 Å². The number of benzene rings is 1. The summed E-state index contributed by atoms with van der Waals surface area (Å²) in [6, 6.07) is 8.89. The molecular weight excluding hydrogens is 264 g/mol. The van der Waals surface area contributed by atoms with Crippen LogP contribution in [-0.2, 0) is 9.59 Å². The van der Waals surface area contributed by atoms with Crippen LogP contribution in [0.15, 0.2) is 30.3 Å². The van der Waals surface area contributed by atoms with Crippen LogP contribution in [0.2, 0.25) is 0 Å². The maximum Gasteiger partial charge on any atom is 0.248 e. The molecule has 21 heavy (non-hydrogen) atoms. The standard InChI is InChI=1S/C17H22N2O2/c1-17(2,3)14-16(21)19(12-9-10-12)13(15(20)18-14)11-7-5-4-6-8-11/h4-8,12-14H,9-10H2,1-3H3,(H,18,20). The van der Waals surface area contributed by atoms with Gasteiger partial charge in [0, 0.05) is 6.04 Å². The molecule has 1 N–H and O–H groups in total. The molecule has 4 heteroatoms. The molecule has 2 unspecified atom stereocenters. The molecule has 2 aliphatic rings. The first-order valence-electron chi connectivity index (χ1n) is 7.57. The van der Waals surface area contributed by atoms with E-state index in [-0.39, 0.29) is 23.3 Å². The molecule has 0 radical (unpaired) electrons. The van der Waals surface area contributed by atoms with Gasteiger partial charge in [0.1, 0.15) is 12.1 Å². The van der Waals surface area contributed by atoms with E-state index in [2.05, 4.69) is 5.32 Å². The normalized spacial score (nSPS) is 26.7. The molecule has 0 bridgehead atoms. The third kappa shape index (κ3) is 2.55. The number of rotatable bonds is 2. The minimum Gasteiger partial charge on any atom is -0.342 e. The Kier molecular flexibility index (Phi) is 3.27. The van der Waals surface area contributed by atoms with E-state index in [4.69, 9.17) is 0 Å². The fourth-order valence-corrected chi connectivity index (χ4v) is 2.96. The van der Waals surface area contributed by atoms with E-state index in [9.17, 15) is 9.59 Å². The number of carbonyl (C=O) groups is 2. The van der Waals surface area contributed by atoms with E-state index in [1.165, 1.54) is 0 Å². The van der Waals surface area contributed by atoms with Crippen LogP contribution in [0, 0.1) is 5.41 Å². The summed E-state index contributed by atoms with van der Waals surface area (Å²) in [5.41, 5.74) is 0.615. The van der Waals surface area contributed by atoms with Crippen molar-refractivity contribution in [2.24, 2.45) is 5.41 Å². The molecule has 0 aromatic heterocycles. The van der Waals surface area contributed by atoms with Crippen molar-refractivity contribution >= 4 is 11.8 Å². The van der Waals surface area contributed by atoms with Crippen LogP contribution in [-0.4, -0.2) is 28.8 Å². The number of hydrogen-bond acceptors (Lipinski definition) is 2. The summed E-state index contributed by atoms with van der Waals surface area (Å²) in [7, 11) is 0. The summed E-state index contributed by atoms with van der Waals surface area (Å²) in [6.45, 7) is 5.97. The Bertz CT molecular complexity index is 558. The van der Waals surface area contributed by atoms with Gasteiger partial charge in [0.05, 0.1) is 0 Å². The quantitative estimate of drug-likeness (QED) is 0.906. The van der Waals surface area contributed by atoms with Crippen LogP contribution in [0.1, 0.15) is 45.2 Å². The van der Waals surface area contributed by atoms with E-state index in [0.29, 0.717) is 0 Å². The van der Waals surface area contributed by atoms with Crippen molar-refractivity contribution in [1.82, 2.24) is 10.2 Å². The fraction of sp³-hybridized carbons (Fsp3) is 0.529. The molecule has 0 spiro atoms. The van der Waals surface area contributed by atoms with Crippen molar-refractivity contribution in [2.45, 2.75) is 51.7 Å². The fourth-order valence-electron chi connectivity index (χ4n) is 2.96. The Morgan fingerprint density at radius 2 is 1.71 bits per heavy atom. The molecule has 1 aliphatic heterocycles. The zero-order chi connectivity index (χ0) is 15.2. The summed E-state index contributed by atoms with van der Waals surface area (Å²) in [6.07, 6.45) is 2.00. The third-order valence-electron chi connectivity index (χ3n) is 4.24. The molecule has 112 valence electrons. The lowest BCUT2D eigenvalue weighted by molar-refractivity contribution is -0.153. The summed E-state index contributed by atoms with van der Waals surface area (Å²) in [5.74, 6) is -0.00826. The SMILES string of the molecule is CC(C)(C)C1NC(=O)C(c2ccccc2)N(C2CC2)C1=O. The first-order chi connectivity index (χ1) is 9.89. The lowest BCUT2D eigenvalue weighted by Crippen LogP contribution is -2.63. The van der Waals surface area contributed by atoms with Gasteiger partial charge in [-0.05, 0) is 23.8 Å². The lowest BCUT2D eigenvalue weighted by atomic mass is 9.83. The molecule has 1 aromatic carbocycles. The second kappa shape index (κ2) is 4.86. The maximum atomic E-state index is 12.9. The first-order valence-corrected chi connectivity index (χ1v) is 7.57. The summed E-state index contributed by atoms with van der Waals surface area (Å²) in [5, 5.41) is 2.94. The van der Waals surface area contributed by atoms with E-state index in [1.54, 1.807) is 0 Å². The molecule has 1 heterocycles. The lowest BCUT2D eigenvalue weighted by Gasteiger charge is -2.43. The summed E-state index contributed by atoms with van der Waals surface area (Å²) >= 11 is 0. The van der Waals surface area contributed by atoms with Crippen molar-refractivity contribution in [3.63, 3.8) is 0 Å². The average Bonchev–Trinajstić information content (AvgIpc) is 3.24. The van der Waals surface area contributed by atoms with Crippen LogP contribution >= 0.6 is 0 Å². The first kappa shape index (κ1) is 14.1. The number of piperazine rings is 1. The molecule has 1 saturated heterocycles. The maximum absolute atomic E-state index is 12.9. The van der Waals surface area contributed by atoms with Gasteiger partial charge in [0.25, 0.3) is 0 Å². The highest BCUT2D eigenvalue weighted by molar-refractivity contribution is 5.98. The van der Waals surface area contributed by atoms with Crippen LogP contribution in [0.5, 0.6) is 0 Å². The minimum absolute atomic E-state index is 0.0541. The van der Waals surface area contributed by atoms with E-state index in [1.807, 2.05) is 56.0 Å². The molecule has 1 aliphatic carbocycles. The Morgan fingerprint density at radius 1 is 1.10 bits per heavy atom. The van der Waals surface area contributed by atoms with Crippen LogP contribution < -0.4 is 5.32 Å². The predicted molar refractivity (Wildman–Crippen MR) is 80.4 cm³/mol. The smallest absolute Gasteiger partial charge is 0.248 e. The molecule has 3 rings (SSSR count). The second-order valence-corrected chi connectivity index (χ2v) is 7.10. The van der Waals surface area contributed by atoms with Gasteiger partial charge in [-0.3, -0.25) is 9.59 Å². The van der Waals surface area contributed by atoms with Gasteiger partial charge in [0.15, 0.2) is 0 Å². The van der Waals surface area contributed by atoms with Gasteiger partial charge in [-0.2, -0.15) is 0 Å². The number of nitrogens with zero attached hydrogens (tertiary/aromatic N) is 1. The van der Waals surface area contributed by atoms with Gasteiger partial charge in [-0.25, -0.2) is 0 Å². The molecule has 4 nitrogen and oxygen atoms in total. The minimum atomic E-state index is -0.482. The molecule has 2 atom stereocenters. The summed E-state index contributed by atoms with van der Waals surface area (Å²) < 4.78 is 0. The third-order valence-corrected chi connectivity index (χ3v) is 4.24.